The number of nitrogens with one attached hydrogen (secondary N) is 2. The van der Waals surface area contributed by atoms with Gasteiger partial charge in [0.05, 0.1) is 5.69 Å². The van der Waals surface area contributed by atoms with E-state index in [4.69, 9.17) is 10.1 Å². The number of aromatic nitrogens is 1. The summed E-state index contributed by atoms with van der Waals surface area (Å²) in [7, 11) is 1.82. The van der Waals surface area contributed by atoms with Crippen LogP contribution in [0.2, 0.25) is 0 Å². The molecule has 1 saturated heterocycles. The van der Waals surface area contributed by atoms with E-state index in [-0.39, 0.29) is 5.91 Å². The number of hydrogen-bond acceptors (Lipinski definition) is 6. The SMILES string of the molecule is CC.CCN1CCC[C@H]1CN1Cc2cc(-c3cc(Oc4ccc(C=N)c(NC)c4)ccn3)ccc2C1=O. The number of amides is 1. The highest BCUT2D eigenvalue weighted by Crippen LogP contribution is 2.32. The van der Waals surface area contributed by atoms with Crippen molar-refractivity contribution in [3.05, 3.63) is 71.4 Å². The van der Waals surface area contributed by atoms with Gasteiger partial charge in [-0.25, -0.2) is 0 Å². The average Bonchev–Trinajstić information content (AvgIpc) is 3.53. The summed E-state index contributed by atoms with van der Waals surface area (Å²) < 4.78 is 6.08. The van der Waals surface area contributed by atoms with Gasteiger partial charge in [-0.3, -0.25) is 14.7 Å². The number of carbonyl (C=O) groups is 1. The molecule has 2 aliphatic rings. The van der Waals surface area contributed by atoms with Gasteiger partial charge in [0.2, 0.25) is 0 Å². The van der Waals surface area contributed by atoms with Gasteiger partial charge in [-0.2, -0.15) is 0 Å². The second-order valence-electron chi connectivity index (χ2n) is 9.10. The van der Waals surface area contributed by atoms with E-state index in [1.165, 1.54) is 12.6 Å². The van der Waals surface area contributed by atoms with Gasteiger partial charge >= 0.3 is 0 Å². The first-order valence-electron chi connectivity index (χ1n) is 13.2. The smallest absolute Gasteiger partial charge is 0.254 e. The number of likely N-dealkylation sites (N-methyl/N-ethyl adjacent to an activating group) is 1. The number of hydrogen-bond donors (Lipinski definition) is 2. The number of pyridine rings is 1. The zero-order valence-electron chi connectivity index (χ0n) is 22.3. The predicted molar refractivity (Wildman–Crippen MR) is 150 cm³/mol. The lowest BCUT2D eigenvalue weighted by molar-refractivity contribution is 0.0731. The largest absolute Gasteiger partial charge is 0.457 e. The van der Waals surface area contributed by atoms with Gasteiger partial charge in [0.15, 0.2) is 0 Å². The Morgan fingerprint density at radius 3 is 2.70 bits per heavy atom. The number of carbonyl (C=O) groups excluding carboxylic acids is 1. The molecule has 0 aliphatic carbocycles. The molecule has 2 N–H and O–H groups in total. The molecule has 1 fully saturated rings. The molecule has 194 valence electrons. The number of benzene rings is 2. The zero-order chi connectivity index (χ0) is 26.4. The van der Waals surface area contributed by atoms with E-state index in [9.17, 15) is 4.79 Å². The molecule has 1 atom stereocenters. The van der Waals surface area contributed by atoms with Crippen molar-refractivity contribution in [1.82, 2.24) is 14.8 Å². The third-order valence-corrected chi connectivity index (χ3v) is 7.03. The molecule has 0 saturated carbocycles. The quantitative estimate of drug-likeness (QED) is 0.369. The monoisotopic (exact) mass is 499 g/mol. The van der Waals surface area contributed by atoms with Crippen LogP contribution in [-0.2, 0) is 6.54 Å². The molecule has 0 bridgehead atoms. The maximum Gasteiger partial charge on any atom is 0.254 e. The maximum absolute atomic E-state index is 13.0. The number of fused-ring (bicyclic) bond motifs is 1. The summed E-state index contributed by atoms with van der Waals surface area (Å²) in [5.41, 5.74) is 5.26. The molecule has 3 heterocycles. The second-order valence-corrected chi connectivity index (χ2v) is 9.10. The Hall–Kier alpha value is -3.71. The fourth-order valence-corrected chi connectivity index (χ4v) is 5.17. The fraction of sp³-hybridized carbons (Fsp3) is 0.367. The number of anilines is 1. The topological polar surface area (TPSA) is 81.6 Å². The van der Waals surface area contributed by atoms with E-state index in [0.717, 1.165) is 59.7 Å². The van der Waals surface area contributed by atoms with Gasteiger partial charge in [-0.1, -0.05) is 26.8 Å². The summed E-state index contributed by atoms with van der Waals surface area (Å²) in [4.78, 5) is 22.1. The Morgan fingerprint density at radius 1 is 1.14 bits per heavy atom. The maximum atomic E-state index is 13.0. The average molecular weight is 500 g/mol. The number of ether oxygens (including phenoxy) is 1. The van der Waals surface area contributed by atoms with Crippen molar-refractivity contribution in [2.24, 2.45) is 0 Å². The Kier molecular flexibility index (Phi) is 8.56. The first-order valence-corrected chi connectivity index (χ1v) is 13.2. The van der Waals surface area contributed by atoms with E-state index >= 15 is 0 Å². The van der Waals surface area contributed by atoms with Crippen LogP contribution in [0, 0.1) is 5.41 Å². The molecule has 7 heteroatoms. The van der Waals surface area contributed by atoms with Crippen LogP contribution in [0.25, 0.3) is 11.3 Å². The third-order valence-electron chi connectivity index (χ3n) is 7.03. The lowest BCUT2D eigenvalue weighted by atomic mass is 10.0. The van der Waals surface area contributed by atoms with Gasteiger partial charge in [-0.05, 0) is 61.8 Å². The Bertz CT molecular complexity index is 1260. The van der Waals surface area contributed by atoms with Crippen LogP contribution in [0.4, 0.5) is 5.69 Å². The van der Waals surface area contributed by atoms with Gasteiger partial charge in [0, 0.05) is 73.1 Å². The second kappa shape index (κ2) is 12.0. The van der Waals surface area contributed by atoms with Gasteiger partial charge in [-0.15, -0.1) is 0 Å². The molecule has 7 nitrogen and oxygen atoms in total. The van der Waals surface area contributed by atoms with Crippen molar-refractivity contribution < 1.29 is 9.53 Å². The van der Waals surface area contributed by atoms with Crippen molar-refractivity contribution in [3.8, 4) is 22.8 Å². The highest BCUT2D eigenvalue weighted by molar-refractivity contribution is 5.99. The van der Waals surface area contributed by atoms with Crippen molar-refractivity contribution in [1.29, 1.82) is 5.41 Å². The lowest BCUT2D eigenvalue weighted by Gasteiger charge is -2.27. The molecular formula is C30H37N5O2. The molecular weight excluding hydrogens is 462 g/mol. The minimum atomic E-state index is 0.133. The van der Waals surface area contributed by atoms with Crippen LogP contribution < -0.4 is 10.1 Å². The summed E-state index contributed by atoms with van der Waals surface area (Å²) >= 11 is 0. The van der Waals surface area contributed by atoms with Crippen molar-refractivity contribution in [3.63, 3.8) is 0 Å². The summed E-state index contributed by atoms with van der Waals surface area (Å²) in [5, 5.41) is 10.6. The van der Waals surface area contributed by atoms with E-state index in [2.05, 4.69) is 28.2 Å². The van der Waals surface area contributed by atoms with Crippen molar-refractivity contribution in [2.45, 2.75) is 46.2 Å². The molecule has 1 amide bonds. The van der Waals surface area contributed by atoms with Crippen molar-refractivity contribution >= 4 is 17.8 Å². The van der Waals surface area contributed by atoms with E-state index in [1.54, 1.807) is 6.20 Å². The van der Waals surface area contributed by atoms with Crippen LogP contribution in [-0.4, -0.2) is 59.6 Å². The Labute approximate surface area is 220 Å². The fourth-order valence-electron chi connectivity index (χ4n) is 5.17. The highest BCUT2D eigenvalue weighted by atomic mass is 16.5. The molecule has 0 radical (unpaired) electrons. The number of likely N-dealkylation sites (tertiary alicyclic amines) is 1. The molecule has 0 spiro atoms. The molecule has 2 aliphatic heterocycles. The zero-order valence-corrected chi connectivity index (χ0v) is 22.3. The van der Waals surface area contributed by atoms with Crippen LogP contribution in [0.1, 0.15) is 55.1 Å². The van der Waals surface area contributed by atoms with Gasteiger partial charge < -0.3 is 20.4 Å². The molecule has 1 aromatic heterocycles. The standard InChI is InChI=1S/C28H31N5O2.C2H6/c1-3-32-12-4-5-22(32)18-33-17-21-13-19(7-9-25(21)28(33)34)27-15-24(10-11-31-27)35-23-8-6-20(16-29)26(14-23)30-2;1-2/h6-11,13-16,22,29-30H,3-5,12,17-18H2,1-2H3;1-2H3/t22-;/m0./s1. The number of rotatable bonds is 8. The Balaban J connectivity index is 0.00000156. The molecule has 0 unspecified atom stereocenters. The third kappa shape index (κ3) is 5.67. The van der Waals surface area contributed by atoms with Crippen LogP contribution in [0.5, 0.6) is 11.5 Å². The highest BCUT2D eigenvalue weighted by Gasteiger charge is 2.32. The van der Waals surface area contributed by atoms with Crippen molar-refractivity contribution in [2.75, 3.05) is 32.0 Å². The normalized spacial score (nSPS) is 16.7. The molecule has 5 rings (SSSR count). The van der Waals surface area contributed by atoms with Crippen LogP contribution in [0.15, 0.2) is 54.7 Å². The predicted octanol–water partition coefficient (Wildman–Crippen LogP) is 6.05. The lowest BCUT2D eigenvalue weighted by Crippen LogP contribution is -2.40. The van der Waals surface area contributed by atoms with Crippen LogP contribution >= 0.6 is 0 Å². The van der Waals surface area contributed by atoms with Crippen LogP contribution in [0.3, 0.4) is 0 Å². The number of nitrogens with zero attached hydrogens (tertiary/aromatic N) is 3. The van der Waals surface area contributed by atoms with E-state index < -0.39 is 0 Å². The summed E-state index contributed by atoms with van der Waals surface area (Å²) in [5.74, 6) is 1.49. The van der Waals surface area contributed by atoms with E-state index in [1.807, 2.05) is 68.3 Å². The minimum absolute atomic E-state index is 0.133. The van der Waals surface area contributed by atoms with Gasteiger partial charge in [0.25, 0.3) is 5.91 Å². The molecule has 3 aromatic rings. The molecule has 2 aromatic carbocycles. The first kappa shape index (κ1) is 26.4. The van der Waals surface area contributed by atoms with E-state index in [0.29, 0.717) is 24.1 Å². The first-order chi connectivity index (χ1) is 18.1. The summed E-state index contributed by atoms with van der Waals surface area (Å²) in [6.45, 7) is 9.81. The summed E-state index contributed by atoms with van der Waals surface area (Å²) in [6.07, 6.45) is 5.42. The minimum Gasteiger partial charge on any atom is -0.457 e. The summed E-state index contributed by atoms with van der Waals surface area (Å²) in [6, 6.07) is 15.8. The Morgan fingerprint density at radius 2 is 1.95 bits per heavy atom. The van der Waals surface area contributed by atoms with Gasteiger partial charge in [0.1, 0.15) is 11.5 Å². The molecule has 37 heavy (non-hydrogen) atoms.